The molecule has 0 fully saturated rings. The minimum absolute atomic E-state index is 0.394. The highest BCUT2D eigenvalue weighted by Crippen LogP contribution is 2.06. The van der Waals surface area contributed by atoms with Crippen molar-refractivity contribution in [3.05, 3.63) is 12.2 Å². The Balaban J connectivity index is 2.56. The summed E-state index contributed by atoms with van der Waals surface area (Å²) < 4.78 is 7.11. The predicted molar refractivity (Wildman–Crippen MR) is 67.9 cm³/mol. The van der Waals surface area contributed by atoms with Crippen LogP contribution in [-0.4, -0.2) is 41.6 Å². The highest BCUT2D eigenvalue weighted by molar-refractivity contribution is 4.89. The van der Waals surface area contributed by atoms with Crippen LogP contribution in [0.15, 0.2) is 6.33 Å². The van der Waals surface area contributed by atoms with Gasteiger partial charge in [0.2, 0.25) is 0 Å². The van der Waals surface area contributed by atoms with Gasteiger partial charge >= 0.3 is 0 Å². The molecule has 1 heterocycles. The number of nitrogens with zero attached hydrogens (tertiary/aromatic N) is 3. The summed E-state index contributed by atoms with van der Waals surface area (Å²) in [4.78, 5) is 4.34. The highest BCUT2D eigenvalue weighted by atomic mass is 16.5. The van der Waals surface area contributed by atoms with Crippen LogP contribution in [0.3, 0.4) is 0 Å². The fourth-order valence-electron chi connectivity index (χ4n) is 1.77. The van der Waals surface area contributed by atoms with Gasteiger partial charge < -0.3 is 10.1 Å². The van der Waals surface area contributed by atoms with E-state index < -0.39 is 0 Å². The summed E-state index contributed by atoms with van der Waals surface area (Å²) in [5.41, 5.74) is 0. The molecular weight excluding hydrogens is 216 g/mol. The summed E-state index contributed by atoms with van der Waals surface area (Å²) in [7, 11) is 3.71. The molecule has 0 spiro atoms. The zero-order chi connectivity index (χ0) is 12.7. The predicted octanol–water partition coefficient (Wildman–Crippen LogP) is 1.10. The molecule has 5 nitrogen and oxygen atoms in total. The maximum Gasteiger partial charge on any atom is 0.138 e. The average molecular weight is 240 g/mol. The molecule has 0 aliphatic carbocycles. The van der Waals surface area contributed by atoms with Gasteiger partial charge in [-0.2, -0.15) is 5.10 Å². The summed E-state index contributed by atoms with van der Waals surface area (Å²) >= 11 is 0. The topological polar surface area (TPSA) is 52.0 Å². The Kier molecular flexibility index (Phi) is 6.15. The molecule has 5 heteroatoms. The lowest BCUT2D eigenvalue weighted by Crippen LogP contribution is -2.30. The third kappa shape index (κ3) is 4.83. The van der Waals surface area contributed by atoms with Crippen molar-refractivity contribution in [1.29, 1.82) is 0 Å². The SMILES string of the molecule is CNC(CCOC)Cc1ncnn1CC(C)C. The van der Waals surface area contributed by atoms with E-state index in [4.69, 9.17) is 4.74 Å². The molecule has 1 rings (SSSR count). The van der Waals surface area contributed by atoms with E-state index in [0.717, 1.165) is 31.8 Å². The first-order chi connectivity index (χ1) is 8.17. The molecular formula is C12H24N4O. The van der Waals surface area contributed by atoms with Crippen LogP contribution in [0.1, 0.15) is 26.1 Å². The van der Waals surface area contributed by atoms with Gasteiger partial charge in [0.15, 0.2) is 0 Å². The van der Waals surface area contributed by atoms with Crippen LogP contribution in [0.5, 0.6) is 0 Å². The summed E-state index contributed by atoms with van der Waals surface area (Å²) in [5.74, 6) is 1.64. The second-order valence-corrected chi connectivity index (χ2v) is 4.72. The molecule has 17 heavy (non-hydrogen) atoms. The Hall–Kier alpha value is -0.940. The minimum atomic E-state index is 0.394. The van der Waals surface area contributed by atoms with Crippen molar-refractivity contribution in [2.24, 2.45) is 5.92 Å². The van der Waals surface area contributed by atoms with E-state index >= 15 is 0 Å². The quantitative estimate of drug-likeness (QED) is 0.739. The molecule has 0 saturated heterocycles. The van der Waals surface area contributed by atoms with Crippen LogP contribution >= 0.6 is 0 Å². The Morgan fingerprint density at radius 3 is 2.82 bits per heavy atom. The number of hydrogen-bond donors (Lipinski definition) is 1. The lowest BCUT2D eigenvalue weighted by molar-refractivity contribution is 0.183. The lowest BCUT2D eigenvalue weighted by Gasteiger charge is -2.16. The van der Waals surface area contributed by atoms with Crippen LogP contribution in [0.25, 0.3) is 0 Å². The zero-order valence-corrected chi connectivity index (χ0v) is 11.3. The van der Waals surface area contributed by atoms with Gasteiger partial charge in [0.05, 0.1) is 0 Å². The monoisotopic (exact) mass is 240 g/mol. The second kappa shape index (κ2) is 7.40. The number of likely N-dealkylation sites (N-methyl/N-ethyl adjacent to an activating group) is 1. The van der Waals surface area contributed by atoms with E-state index in [-0.39, 0.29) is 0 Å². The summed E-state index contributed by atoms with van der Waals surface area (Å²) in [6.07, 6.45) is 3.52. The number of aromatic nitrogens is 3. The second-order valence-electron chi connectivity index (χ2n) is 4.72. The maximum absolute atomic E-state index is 5.11. The molecule has 0 amide bonds. The number of ether oxygens (including phenoxy) is 1. The molecule has 1 N–H and O–H groups in total. The van der Waals surface area contributed by atoms with E-state index in [2.05, 4.69) is 29.2 Å². The van der Waals surface area contributed by atoms with E-state index in [1.54, 1.807) is 13.4 Å². The molecule has 0 aliphatic heterocycles. The van der Waals surface area contributed by atoms with Crippen molar-refractivity contribution in [2.45, 2.75) is 39.3 Å². The lowest BCUT2D eigenvalue weighted by atomic mass is 10.1. The van der Waals surface area contributed by atoms with Gasteiger partial charge in [0, 0.05) is 32.7 Å². The molecule has 1 unspecified atom stereocenters. The van der Waals surface area contributed by atoms with E-state index in [9.17, 15) is 0 Å². The normalized spacial score (nSPS) is 13.2. The largest absolute Gasteiger partial charge is 0.385 e. The summed E-state index contributed by atoms with van der Waals surface area (Å²) in [5, 5.41) is 7.57. The van der Waals surface area contributed by atoms with Gasteiger partial charge in [0.1, 0.15) is 12.2 Å². The van der Waals surface area contributed by atoms with Crippen molar-refractivity contribution in [3.8, 4) is 0 Å². The van der Waals surface area contributed by atoms with Gasteiger partial charge in [-0.15, -0.1) is 0 Å². The fourth-order valence-corrected chi connectivity index (χ4v) is 1.77. The molecule has 0 saturated carbocycles. The molecule has 0 bridgehead atoms. The first-order valence-electron chi connectivity index (χ1n) is 6.20. The summed E-state index contributed by atoms with van der Waals surface area (Å²) in [6.45, 7) is 6.07. The van der Waals surface area contributed by atoms with Gasteiger partial charge in [-0.1, -0.05) is 13.8 Å². The highest BCUT2D eigenvalue weighted by Gasteiger charge is 2.12. The molecule has 1 aromatic rings. The third-order valence-electron chi connectivity index (χ3n) is 2.74. The Morgan fingerprint density at radius 1 is 1.47 bits per heavy atom. The average Bonchev–Trinajstić information content (AvgIpc) is 2.70. The van der Waals surface area contributed by atoms with Crippen molar-refractivity contribution < 1.29 is 4.74 Å². The van der Waals surface area contributed by atoms with Gasteiger partial charge in [-0.3, -0.25) is 0 Å². The van der Waals surface area contributed by atoms with Gasteiger partial charge in [-0.05, 0) is 19.4 Å². The van der Waals surface area contributed by atoms with Crippen LogP contribution in [-0.2, 0) is 17.7 Å². The van der Waals surface area contributed by atoms with Crippen LogP contribution < -0.4 is 5.32 Å². The van der Waals surface area contributed by atoms with E-state index in [0.29, 0.717) is 12.0 Å². The Labute approximate surface area is 104 Å². The number of methoxy groups -OCH3 is 1. The van der Waals surface area contributed by atoms with Crippen LogP contribution in [0.2, 0.25) is 0 Å². The Bertz CT molecular complexity index is 311. The standard InChI is InChI=1S/C12H24N4O/c1-10(2)8-16-12(14-9-15-16)7-11(13-3)5-6-17-4/h9-11,13H,5-8H2,1-4H3. The first kappa shape index (κ1) is 14.1. The molecule has 0 aliphatic rings. The van der Waals surface area contributed by atoms with Crippen LogP contribution in [0, 0.1) is 5.92 Å². The van der Waals surface area contributed by atoms with Gasteiger partial charge in [0.25, 0.3) is 0 Å². The summed E-state index contributed by atoms with van der Waals surface area (Å²) in [6, 6.07) is 0.394. The van der Waals surface area contributed by atoms with Crippen molar-refractivity contribution >= 4 is 0 Å². The van der Waals surface area contributed by atoms with E-state index in [1.807, 2.05) is 11.7 Å². The number of hydrogen-bond acceptors (Lipinski definition) is 4. The van der Waals surface area contributed by atoms with Crippen molar-refractivity contribution in [3.63, 3.8) is 0 Å². The maximum atomic E-state index is 5.11. The minimum Gasteiger partial charge on any atom is -0.385 e. The molecule has 1 aromatic heterocycles. The zero-order valence-electron chi connectivity index (χ0n) is 11.3. The molecule has 0 aromatic carbocycles. The third-order valence-corrected chi connectivity index (χ3v) is 2.74. The smallest absolute Gasteiger partial charge is 0.138 e. The molecule has 1 atom stereocenters. The van der Waals surface area contributed by atoms with E-state index in [1.165, 1.54) is 0 Å². The van der Waals surface area contributed by atoms with Crippen molar-refractivity contribution in [1.82, 2.24) is 20.1 Å². The number of nitrogens with one attached hydrogen (secondary N) is 1. The first-order valence-corrected chi connectivity index (χ1v) is 6.20. The van der Waals surface area contributed by atoms with Crippen LogP contribution in [0.4, 0.5) is 0 Å². The Morgan fingerprint density at radius 2 is 2.24 bits per heavy atom. The van der Waals surface area contributed by atoms with Crippen molar-refractivity contribution in [2.75, 3.05) is 20.8 Å². The molecule has 0 radical (unpaired) electrons. The molecule has 98 valence electrons. The van der Waals surface area contributed by atoms with Gasteiger partial charge in [-0.25, -0.2) is 9.67 Å². The fraction of sp³-hybridized carbons (Fsp3) is 0.833. The number of rotatable bonds is 8.